The molecular formula is C19H22ClFN4O2. The Kier molecular flexibility index (Phi) is 5.51. The molecule has 144 valence electrons. The maximum Gasteiger partial charge on any atom is 0.232 e. The number of amides is 2. The quantitative estimate of drug-likeness (QED) is 0.803. The van der Waals surface area contributed by atoms with E-state index in [2.05, 4.69) is 5.10 Å². The molecule has 1 aromatic carbocycles. The molecule has 27 heavy (non-hydrogen) atoms. The van der Waals surface area contributed by atoms with Gasteiger partial charge in [0.2, 0.25) is 11.8 Å². The molecule has 1 aliphatic rings. The average Bonchev–Trinajstić information content (AvgIpc) is 3.06. The summed E-state index contributed by atoms with van der Waals surface area (Å²) in [5.41, 5.74) is 0.946. The number of aryl methyl sites for hydroxylation is 1. The number of piperidine rings is 1. The summed E-state index contributed by atoms with van der Waals surface area (Å²) in [5.74, 6) is -1.28. The van der Waals surface area contributed by atoms with Crippen molar-refractivity contribution in [3.63, 3.8) is 0 Å². The molecule has 2 atom stereocenters. The van der Waals surface area contributed by atoms with E-state index in [1.165, 1.54) is 17.0 Å². The van der Waals surface area contributed by atoms with Gasteiger partial charge in [-0.1, -0.05) is 11.6 Å². The van der Waals surface area contributed by atoms with E-state index >= 15 is 0 Å². The first-order valence-corrected chi connectivity index (χ1v) is 9.23. The topological polar surface area (TPSA) is 58.4 Å². The van der Waals surface area contributed by atoms with E-state index in [0.29, 0.717) is 13.0 Å². The van der Waals surface area contributed by atoms with Gasteiger partial charge in [-0.05, 0) is 37.6 Å². The summed E-state index contributed by atoms with van der Waals surface area (Å²) in [6, 6.07) is 5.59. The van der Waals surface area contributed by atoms with Gasteiger partial charge in [0, 0.05) is 38.3 Å². The second kappa shape index (κ2) is 7.68. The van der Waals surface area contributed by atoms with Crippen molar-refractivity contribution in [3.8, 4) is 0 Å². The molecule has 0 N–H and O–H groups in total. The molecule has 1 aromatic heterocycles. The standard InChI is InChI=1S/C19H22ClFN4O2/c1-4-25-17(26)8-6-13(18(25)16-9-10-22-24(16)3)19(27)23(2)15-7-5-12(20)11-14(15)21/h5,7,9-11,13,18H,4,6,8H2,1-3H3/t13-,18-/m0/s1. The van der Waals surface area contributed by atoms with Crippen LogP contribution in [0.4, 0.5) is 10.1 Å². The zero-order chi connectivity index (χ0) is 19.7. The molecule has 2 aromatic rings. The first kappa shape index (κ1) is 19.4. The Morgan fingerprint density at radius 2 is 2.15 bits per heavy atom. The van der Waals surface area contributed by atoms with Crippen molar-refractivity contribution in [1.82, 2.24) is 14.7 Å². The van der Waals surface area contributed by atoms with E-state index in [4.69, 9.17) is 11.6 Å². The van der Waals surface area contributed by atoms with Gasteiger partial charge in [0.05, 0.1) is 23.3 Å². The van der Waals surface area contributed by atoms with E-state index < -0.39 is 17.8 Å². The molecule has 6 nitrogen and oxygen atoms in total. The number of aromatic nitrogens is 2. The summed E-state index contributed by atoms with van der Waals surface area (Å²) in [5, 5.41) is 4.45. The van der Waals surface area contributed by atoms with Crippen molar-refractivity contribution < 1.29 is 14.0 Å². The van der Waals surface area contributed by atoms with Gasteiger partial charge in [-0.25, -0.2) is 4.39 Å². The van der Waals surface area contributed by atoms with Crippen LogP contribution in [0.1, 0.15) is 31.5 Å². The van der Waals surface area contributed by atoms with Crippen LogP contribution in [-0.2, 0) is 16.6 Å². The summed E-state index contributed by atoms with van der Waals surface area (Å²) >= 11 is 5.81. The van der Waals surface area contributed by atoms with Crippen molar-refractivity contribution in [2.45, 2.75) is 25.8 Å². The van der Waals surface area contributed by atoms with Gasteiger partial charge >= 0.3 is 0 Å². The predicted molar refractivity (Wildman–Crippen MR) is 101 cm³/mol. The van der Waals surface area contributed by atoms with Crippen molar-refractivity contribution >= 4 is 29.1 Å². The van der Waals surface area contributed by atoms with Crippen LogP contribution >= 0.6 is 11.6 Å². The lowest BCUT2D eigenvalue weighted by Crippen LogP contribution is -2.49. The molecule has 1 fully saturated rings. The molecule has 0 spiro atoms. The number of hydrogen-bond donors (Lipinski definition) is 0. The molecule has 0 unspecified atom stereocenters. The number of benzene rings is 1. The lowest BCUT2D eigenvalue weighted by Gasteiger charge is -2.41. The third-order valence-electron chi connectivity index (χ3n) is 5.13. The van der Waals surface area contributed by atoms with Gasteiger partial charge in [0.25, 0.3) is 0 Å². The third kappa shape index (κ3) is 3.56. The molecule has 0 bridgehead atoms. The summed E-state index contributed by atoms with van der Waals surface area (Å²) in [6.45, 7) is 2.37. The van der Waals surface area contributed by atoms with E-state index in [1.54, 1.807) is 35.9 Å². The fourth-order valence-corrected chi connectivity index (χ4v) is 3.90. The van der Waals surface area contributed by atoms with Crippen molar-refractivity contribution in [2.75, 3.05) is 18.5 Å². The fourth-order valence-electron chi connectivity index (χ4n) is 3.75. The van der Waals surface area contributed by atoms with Gasteiger partial charge in [-0.15, -0.1) is 0 Å². The molecular weight excluding hydrogens is 371 g/mol. The average molecular weight is 393 g/mol. The van der Waals surface area contributed by atoms with Crippen LogP contribution in [0.5, 0.6) is 0 Å². The number of anilines is 1. The lowest BCUT2D eigenvalue weighted by molar-refractivity contribution is -0.142. The number of rotatable bonds is 4. The van der Waals surface area contributed by atoms with Crippen LogP contribution in [0.3, 0.4) is 0 Å². The van der Waals surface area contributed by atoms with Crippen LogP contribution < -0.4 is 4.90 Å². The van der Waals surface area contributed by atoms with Gasteiger partial charge in [0.1, 0.15) is 5.82 Å². The minimum absolute atomic E-state index is 0.00748. The highest BCUT2D eigenvalue weighted by Gasteiger charge is 2.42. The highest BCUT2D eigenvalue weighted by Crippen LogP contribution is 2.38. The van der Waals surface area contributed by atoms with Gasteiger partial charge in [-0.2, -0.15) is 5.10 Å². The highest BCUT2D eigenvalue weighted by molar-refractivity contribution is 6.30. The lowest BCUT2D eigenvalue weighted by atomic mass is 9.85. The SMILES string of the molecule is CCN1C(=O)CC[C@H](C(=O)N(C)c2ccc(Cl)cc2F)[C@H]1c1ccnn1C. The van der Waals surface area contributed by atoms with Crippen molar-refractivity contribution in [3.05, 3.63) is 47.0 Å². The Hall–Kier alpha value is -2.41. The summed E-state index contributed by atoms with van der Waals surface area (Å²) in [4.78, 5) is 28.7. The molecule has 2 amide bonds. The Labute approximate surface area is 162 Å². The second-order valence-corrected chi connectivity index (χ2v) is 7.08. The van der Waals surface area contributed by atoms with Crippen LogP contribution in [-0.4, -0.2) is 40.1 Å². The largest absolute Gasteiger partial charge is 0.334 e. The number of carbonyl (C=O) groups is 2. The predicted octanol–water partition coefficient (Wildman–Crippen LogP) is 3.18. The van der Waals surface area contributed by atoms with Crippen molar-refractivity contribution in [2.24, 2.45) is 13.0 Å². The van der Waals surface area contributed by atoms with Crippen molar-refractivity contribution in [1.29, 1.82) is 0 Å². The number of likely N-dealkylation sites (tertiary alicyclic amines) is 1. The molecule has 1 aliphatic heterocycles. The maximum atomic E-state index is 14.3. The molecule has 0 saturated carbocycles. The Morgan fingerprint density at radius 1 is 1.41 bits per heavy atom. The minimum atomic E-state index is -0.560. The number of carbonyl (C=O) groups excluding carboxylic acids is 2. The van der Waals surface area contributed by atoms with Crippen LogP contribution in [0, 0.1) is 11.7 Å². The van der Waals surface area contributed by atoms with E-state index in [9.17, 15) is 14.0 Å². The first-order chi connectivity index (χ1) is 12.8. The zero-order valence-electron chi connectivity index (χ0n) is 15.5. The summed E-state index contributed by atoms with van der Waals surface area (Å²) in [6.07, 6.45) is 2.34. The Balaban J connectivity index is 1.98. The molecule has 0 radical (unpaired) electrons. The van der Waals surface area contributed by atoms with E-state index in [1.807, 2.05) is 13.0 Å². The summed E-state index contributed by atoms with van der Waals surface area (Å²) < 4.78 is 16.0. The minimum Gasteiger partial charge on any atom is -0.334 e. The Morgan fingerprint density at radius 3 is 2.74 bits per heavy atom. The number of halogens is 2. The first-order valence-electron chi connectivity index (χ1n) is 8.85. The third-order valence-corrected chi connectivity index (χ3v) is 5.36. The number of hydrogen-bond acceptors (Lipinski definition) is 3. The maximum absolute atomic E-state index is 14.3. The molecule has 8 heteroatoms. The van der Waals surface area contributed by atoms with Gasteiger partial charge < -0.3 is 9.80 Å². The van der Waals surface area contributed by atoms with Crippen LogP contribution in [0.2, 0.25) is 5.02 Å². The van der Waals surface area contributed by atoms with Crippen LogP contribution in [0.15, 0.2) is 30.5 Å². The Bertz CT molecular complexity index is 869. The fraction of sp³-hybridized carbons (Fsp3) is 0.421. The highest BCUT2D eigenvalue weighted by atomic mass is 35.5. The number of nitrogens with zero attached hydrogens (tertiary/aromatic N) is 4. The van der Waals surface area contributed by atoms with Gasteiger partial charge in [0.15, 0.2) is 0 Å². The second-order valence-electron chi connectivity index (χ2n) is 6.64. The molecule has 1 saturated heterocycles. The smallest absolute Gasteiger partial charge is 0.232 e. The summed E-state index contributed by atoms with van der Waals surface area (Å²) in [7, 11) is 3.33. The molecule has 0 aliphatic carbocycles. The zero-order valence-corrected chi connectivity index (χ0v) is 16.3. The van der Waals surface area contributed by atoms with E-state index in [0.717, 1.165) is 5.69 Å². The van der Waals surface area contributed by atoms with Crippen LogP contribution in [0.25, 0.3) is 0 Å². The molecule has 3 rings (SSSR count). The monoisotopic (exact) mass is 392 g/mol. The van der Waals surface area contributed by atoms with Gasteiger partial charge in [-0.3, -0.25) is 14.3 Å². The molecule has 2 heterocycles. The normalized spacial score (nSPS) is 20.0. The van der Waals surface area contributed by atoms with E-state index in [-0.39, 0.29) is 28.9 Å².